The summed E-state index contributed by atoms with van der Waals surface area (Å²) in [6.45, 7) is 7.22. The molecule has 0 radical (unpaired) electrons. The Balaban J connectivity index is 1.49. The van der Waals surface area contributed by atoms with Crippen LogP contribution in [0.3, 0.4) is 0 Å². The maximum absolute atomic E-state index is 5.43. The number of nitrogens with one attached hydrogen (secondary N) is 1. The van der Waals surface area contributed by atoms with Crippen LogP contribution in [0.1, 0.15) is 25.8 Å². The van der Waals surface area contributed by atoms with Crippen LogP contribution in [0, 0.1) is 5.92 Å². The molecular formula is C17H26N2O2. The van der Waals surface area contributed by atoms with Gasteiger partial charge in [-0.15, -0.1) is 0 Å². The van der Waals surface area contributed by atoms with E-state index in [1.807, 2.05) is 6.07 Å². The predicted octanol–water partition coefficient (Wildman–Crippen LogP) is 2.28. The van der Waals surface area contributed by atoms with Crippen LogP contribution >= 0.6 is 0 Å². The van der Waals surface area contributed by atoms with Crippen molar-refractivity contribution in [2.24, 2.45) is 5.92 Å². The molecule has 1 aromatic carbocycles. The van der Waals surface area contributed by atoms with Crippen LogP contribution in [0.25, 0.3) is 0 Å². The highest BCUT2D eigenvalue weighted by Gasteiger charge is 2.28. The van der Waals surface area contributed by atoms with Gasteiger partial charge in [-0.05, 0) is 57.0 Å². The van der Waals surface area contributed by atoms with Crippen molar-refractivity contribution in [2.75, 3.05) is 26.9 Å². The van der Waals surface area contributed by atoms with Crippen molar-refractivity contribution in [1.29, 1.82) is 0 Å². The quantitative estimate of drug-likeness (QED) is 0.922. The molecule has 0 unspecified atom stereocenters. The Morgan fingerprint density at radius 3 is 2.90 bits per heavy atom. The van der Waals surface area contributed by atoms with Gasteiger partial charge in [-0.25, -0.2) is 0 Å². The van der Waals surface area contributed by atoms with Crippen LogP contribution in [-0.2, 0) is 6.42 Å². The van der Waals surface area contributed by atoms with Crippen molar-refractivity contribution < 1.29 is 9.47 Å². The SMILES string of the molecule is C[C@@H]1CN(C)[C@@H](C)C[C@H]1NCCc1ccc2c(c1)OCO2. The van der Waals surface area contributed by atoms with E-state index in [1.54, 1.807) is 0 Å². The Kier molecular flexibility index (Phi) is 4.36. The number of ether oxygens (including phenoxy) is 2. The molecule has 2 aliphatic rings. The lowest BCUT2D eigenvalue weighted by atomic mass is 9.90. The van der Waals surface area contributed by atoms with E-state index in [4.69, 9.17) is 9.47 Å². The van der Waals surface area contributed by atoms with E-state index >= 15 is 0 Å². The number of benzene rings is 1. The van der Waals surface area contributed by atoms with E-state index in [2.05, 4.69) is 43.2 Å². The zero-order valence-electron chi connectivity index (χ0n) is 13.3. The lowest BCUT2D eigenvalue weighted by molar-refractivity contribution is 0.122. The van der Waals surface area contributed by atoms with Gasteiger partial charge in [-0.3, -0.25) is 0 Å². The van der Waals surface area contributed by atoms with Crippen molar-refractivity contribution in [3.8, 4) is 11.5 Å². The number of hydrogen-bond donors (Lipinski definition) is 1. The molecule has 0 aromatic heterocycles. The molecule has 116 valence electrons. The second-order valence-electron chi connectivity index (χ2n) is 6.50. The average Bonchev–Trinajstić information content (AvgIpc) is 2.92. The zero-order chi connectivity index (χ0) is 14.8. The van der Waals surface area contributed by atoms with Crippen LogP contribution < -0.4 is 14.8 Å². The molecule has 0 aliphatic carbocycles. The van der Waals surface area contributed by atoms with E-state index in [9.17, 15) is 0 Å². The Bertz CT molecular complexity index is 492. The summed E-state index contributed by atoms with van der Waals surface area (Å²) in [5.74, 6) is 2.46. The number of nitrogens with zero attached hydrogens (tertiary/aromatic N) is 1. The van der Waals surface area contributed by atoms with Gasteiger partial charge < -0.3 is 19.7 Å². The number of likely N-dealkylation sites (tertiary alicyclic amines) is 1. The maximum atomic E-state index is 5.43. The monoisotopic (exact) mass is 290 g/mol. The first-order valence-electron chi connectivity index (χ1n) is 7.95. The van der Waals surface area contributed by atoms with Crippen LogP contribution in [-0.4, -0.2) is 43.9 Å². The second kappa shape index (κ2) is 6.24. The largest absolute Gasteiger partial charge is 0.454 e. The number of fused-ring (bicyclic) bond motifs is 1. The first-order chi connectivity index (χ1) is 10.1. The third kappa shape index (κ3) is 3.33. The van der Waals surface area contributed by atoms with Gasteiger partial charge in [0, 0.05) is 18.6 Å². The number of hydrogen-bond acceptors (Lipinski definition) is 4. The van der Waals surface area contributed by atoms with E-state index in [-0.39, 0.29) is 0 Å². The van der Waals surface area contributed by atoms with Crippen molar-refractivity contribution in [3.63, 3.8) is 0 Å². The summed E-state index contributed by atoms with van der Waals surface area (Å²) in [6, 6.07) is 7.55. The molecule has 3 rings (SSSR count). The zero-order valence-corrected chi connectivity index (χ0v) is 13.3. The van der Waals surface area contributed by atoms with E-state index in [0.29, 0.717) is 24.8 Å². The van der Waals surface area contributed by atoms with Crippen LogP contribution in [0.4, 0.5) is 0 Å². The molecule has 0 spiro atoms. The third-order valence-corrected chi connectivity index (χ3v) is 4.87. The highest BCUT2D eigenvalue weighted by atomic mass is 16.7. The molecular weight excluding hydrogens is 264 g/mol. The number of piperidine rings is 1. The van der Waals surface area contributed by atoms with Crippen molar-refractivity contribution in [2.45, 2.75) is 38.8 Å². The van der Waals surface area contributed by atoms with Crippen molar-refractivity contribution in [1.82, 2.24) is 10.2 Å². The van der Waals surface area contributed by atoms with Gasteiger partial charge in [0.25, 0.3) is 0 Å². The molecule has 0 amide bonds. The first kappa shape index (κ1) is 14.7. The highest BCUT2D eigenvalue weighted by Crippen LogP contribution is 2.32. The molecule has 0 saturated carbocycles. The molecule has 1 fully saturated rings. The Hall–Kier alpha value is -1.26. The summed E-state index contributed by atoms with van der Waals surface area (Å²) in [6.07, 6.45) is 2.27. The summed E-state index contributed by atoms with van der Waals surface area (Å²) in [5.41, 5.74) is 1.31. The standard InChI is InChI=1S/C17H26N2O2/c1-12-10-19(3)13(2)8-15(12)18-7-6-14-4-5-16-17(9-14)21-11-20-16/h4-5,9,12-13,15,18H,6-8,10-11H2,1-3H3/t12-,13+,15-/m1/s1. The smallest absolute Gasteiger partial charge is 0.231 e. The molecule has 2 heterocycles. The van der Waals surface area contributed by atoms with Crippen LogP contribution in [0.5, 0.6) is 11.5 Å². The van der Waals surface area contributed by atoms with E-state index in [1.165, 1.54) is 18.5 Å². The van der Waals surface area contributed by atoms with Crippen molar-refractivity contribution >= 4 is 0 Å². The van der Waals surface area contributed by atoms with E-state index < -0.39 is 0 Å². The third-order valence-electron chi connectivity index (χ3n) is 4.87. The molecule has 21 heavy (non-hydrogen) atoms. The second-order valence-corrected chi connectivity index (χ2v) is 6.50. The predicted molar refractivity (Wildman–Crippen MR) is 83.9 cm³/mol. The number of rotatable bonds is 4. The summed E-state index contributed by atoms with van der Waals surface area (Å²) in [5, 5.41) is 3.74. The van der Waals surface area contributed by atoms with E-state index in [0.717, 1.165) is 24.5 Å². The summed E-state index contributed by atoms with van der Waals surface area (Å²) in [4.78, 5) is 2.46. The summed E-state index contributed by atoms with van der Waals surface area (Å²) < 4.78 is 10.8. The first-order valence-corrected chi connectivity index (χ1v) is 7.95. The van der Waals surface area contributed by atoms with Crippen LogP contribution in [0.15, 0.2) is 18.2 Å². The minimum absolute atomic E-state index is 0.349. The fourth-order valence-corrected chi connectivity index (χ4v) is 3.32. The van der Waals surface area contributed by atoms with Crippen LogP contribution in [0.2, 0.25) is 0 Å². The fourth-order valence-electron chi connectivity index (χ4n) is 3.32. The molecule has 4 heteroatoms. The van der Waals surface area contributed by atoms with Gasteiger partial charge in [0.15, 0.2) is 11.5 Å². The molecule has 1 N–H and O–H groups in total. The summed E-state index contributed by atoms with van der Waals surface area (Å²) in [7, 11) is 2.23. The molecule has 3 atom stereocenters. The lowest BCUT2D eigenvalue weighted by Crippen LogP contribution is -2.51. The van der Waals surface area contributed by atoms with Crippen molar-refractivity contribution in [3.05, 3.63) is 23.8 Å². The van der Waals surface area contributed by atoms with Gasteiger partial charge in [0.05, 0.1) is 0 Å². The maximum Gasteiger partial charge on any atom is 0.231 e. The van der Waals surface area contributed by atoms with Gasteiger partial charge in [-0.1, -0.05) is 13.0 Å². The minimum Gasteiger partial charge on any atom is -0.454 e. The molecule has 1 saturated heterocycles. The van der Waals surface area contributed by atoms with Gasteiger partial charge in [0.2, 0.25) is 6.79 Å². The lowest BCUT2D eigenvalue weighted by Gasteiger charge is -2.40. The van der Waals surface area contributed by atoms with Gasteiger partial charge in [0.1, 0.15) is 0 Å². The Morgan fingerprint density at radius 2 is 2.05 bits per heavy atom. The Morgan fingerprint density at radius 1 is 1.24 bits per heavy atom. The minimum atomic E-state index is 0.349. The molecule has 4 nitrogen and oxygen atoms in total. The highest BCUT2D eigenvalue weighted by molar-refractivity contribution is 5.44. The normalized spacial score (nSPS) is 28.8. The molecule has 1 aromatic rings. The topological polar surface area (TPSA) is 33.7 Å². The molecule has 0 bridgehead atoms. The van der Waals surface area contributed by atoms with Gasteiger partial charge >= 0.3 is 0 Å². The Labute approximate surface area is 127 Å². The summed E-state index contributed by atoms with van der Waals surface area (Å²) >= 11 is 0. The van der Waals surface area contributed by atoms with Gasteiger partial charge in [-0.2, -0.15) is 0 Å². The average molecular weight is 290 g/mol. The molecule has 2 aliphatic heterocycles. The fraction of sp³-hybridized carbons (Fsp3) is 0.647.